The molecule has 3 saturated heterocycles. The van der Waals surface area contributed by atoms with Gasteiger partial charge in [-0.25, -0.2) is 0 Å². The van der Waals surface area contributed by atoms with Gasteiger partial charge in [-0.2, -0.15) is 10.3 Å². The number of nitrogens with one attached hydrogen (secondary N) is 2. The lowest BCUT2D eigenvalue weighted by molar-refractivity contribution is -0.124. The van der Waals surface area contributed by atoms with Crippen LogP contribution in [0.5, 0.6) is 0 Å². The minimum absolute atomic E-state index is 0.0544. The van der Waals surface area contributed by atoms with Crippen LogP contribution in [0, 0.1) is 18.4 Å². The predicted octanol–water partition coefficient (Wildman–Crippen LogP) is 3.48. The Balaban J connectivity index is 1.37. The standard InChI is InChI=1S/C24H24ClN5O4S/c1-14-10-15(2-4-17(14)30-8-9-33-12-21(30)27-13-26)28-23(32)24(11-16-3-6-19(24)34-16)29-22(31)18-5-7-20(25)35-18/h2,4-5,7,10,16,19H,3,6,8-9,11-12H2,1H3,(H,28,32)(H,29,31)/b27-21-. The fraction of sp³-hybridized carbons (Fsp3) is 0.417. The number of benzene rings is 1. The number of aliphatic imine (C=N–C) groups is 1. The van der Waals surface area contributed by atoms with Gasteiger partial charge >= 0.3 is 0 Å². The number of nitrogens with zero attached hydrogens (tertiary/aromatic N) is 3. The van der Waals surface area contributed by atoms with E-state index >= 15 is 0 Å². The Kier molecular flexibility index (Phi) is 6.51. The molecule has 11 heteroatoms. The fourth-order valence-corrected chi connectivity index (χ4v) is 5.99. The van der Waals surface area contributed by atoms with Crippen LogP contribution in [0.1, 0.15) is 34.5 Å². The molecule has 0 radical (unpaired) electrons. The van der Waals surface area contributed by atoms with Gasteiger partial charge in [-0.3, -0.25) is 9.59 Å². The summed E-state index contributed by atoms with van der Waals surface area (Å²) < 4.78 is 11.9. The van der Waals surface area contributed by atoms with Crippen molar-refractivity contribution in [2.75, 3.05) is 30.0 Å². The summed E-state index contributed by atoms with van der Waals surface area (Å²) in [4.78, 5) is 32.9. The van der Waals surface area contributed by atoms with Crippen LogP contribution in [0.15, 0.2) is 35.3 Å². The number of morpholine rings is 1. The highest BCUT2D eigenvalue weighted by Gasteiger charge is 2.58. The van der Waals surface area contributed by atoms with E-state index in [-0.39, 0.29) is 30.6 Å². The van der Waals surface area contributed by atoms with Gasteiger partial charge in [-0.1, -0.05) is 11.6 Å². The summed E-state index contributed by atoms with van der Waals surface area (Å²) >= 11 is 7.17. The van der Waals surface area contributed by atoms with Gasteiger partial charge in [0, 0.05) is 24.3 Å². The zero-order valence-electron chi connectivity index (χ0n) is 19.0. The molecule has 2 aromatic rings. The Morgan fingerprint density at radius 2 is 2.17 bits per heavy atom. The molecule has 0 aliphatic carbocycles. The summed E-state index contributed by atoms with van der Waals surface area (Å²) in [6.45, 7) is 3.31. The molecule has 3 atom stereocenters. The first-order valence-corrected chi connectivity index (χ1v) is 12.6. The molecular formula is C24H24ClN5O4S. The second kappa shape index (κ2) is 9.59. The molecule has 1 aromatic carbocycles. The summed E-state index contributed by atoms with van der Waals surface area (Å²) in [5.74, 6) is -0.0876. The first-order chi connectivity index (χ1) is 16.9. The van der Waals surface area contributed by atoms with E-state index in [2.05, 4.69) is 15.6 Å². The van der Waals surface area contributed by atoms with Gasteiger partial charge in [-0.15, -0.1) is 11.3 Å². The van der Waals surface area contributed by atoms with E-state index in [0.717, 1.165) is 17.7 Å². The summed E-state index contributed by atoms with van der Waals surface area (Å²) in [5.41, 5.74) is 1.26. The largest absolute Gasteiger partial charge is 0.372 e. The molecule has 4 heterocycles. The first-order valence-electron chi connectivity index (χ1n) is 11.4. The number of amides is 2. The number of halogens is 1. The van der Waals surface area contributed by atoms with Crippen molar-refractivity contribution in [2.45, 2.75) is 43.9 Å². The zero-order chi connectivity index (χ0) is 24.6. The van der Waals surface area contributed by atoms with Gasteiger partial charge in [0.2, 0.25) is 6.19 Å². The highest BCUT2D eigenvalue weighted by Crippen LogP contribution is 2.43. The van der Waals surface area contributed by atoms with Crippen molar-refractivity contribution in [2.24, 2.45) is 4.99 Å². The average molecular weight is 514 g/mol. The second-order valence-electron chi connectivity index (χ2n) is 8.85. The molecule has 2 bridgehead atoms. The number of ether oxygens (including phenoxy) is 2. The van der Waals surface area contributed by atoms with E-state index in [1.165, 1.54) is 11.3 Å². The van der Waals surface area contributed by atoms with Gasteiger partial charge in [0.15, 0.2) is 0 Å². The Morgan fingerprint density at radius 3 is 2.83 bits per heavy atom. The lowest BCUT2D eigenvalue weighted by atomic mass is 9.80. The number of thiophene rings is 1. The topological polar surface area (TPSA) is 116 Å². The molecule has 1 aromatic heterocycles. The molecule has 35 heavy (non-hydrogen) atoms. The molecule has 2 N–H and O–H groups in total. The van der Waals surface area contributed by atoms with E-state index in [0.29, 0.717) is 46.7 Å². The SMILES string of the molecule is Cc1cc(NC(=O)C2(NC(=O)c3ccc(Cl)s3)CC3CCC2O3)ccc1N1CCOC/C1=N/C#N. The Hall–Kier alpha value is -2.97. The first kappa shape index (κ1) is 23.8. The van der Waals surface area contributed by atoms with Crippen LogP contribution in [0.3, 0.4) is 0 Å². The van der Waals surface area contributed by atoms with Crippen molar-refractivity contribution < 1.29 is 19.1 Å². The number of hydrogen-bond donors (Lipinski definition) is 2. The molecule has 2 amide bonds. The third-order valence-electron chi connectivity index (χ3n) is 6.67. The van der Waals surface area contributed by atoms with Crippen LogP contribution in [0.2, 0.25) is 4.34 Å². The van der Waals surface area contributed by atoms with Crippen molar-refractivity contribution in [3.05, 3.63) is 45.1 Å². The minimum Gasteiger partial charge on any atom is -0.372 e. The van der Waals surface area contributed by atoms with Crippen LogP contribution < -0.4 is 15.5 Å². The van der Waals surface area contributed by atoms with E-state index in [1.54, 1.807) is 12.1 Å². The van der Waals surface area contributed by atoms with Crippen molar-refractivity contribution in [1.29, 1.82) is 5.26 Å². The summed E-state index contributed by atoms with van der Waals surface area (Å²) in [5, 5.41) is 15.0. The van der Waals surface area contributed by atoms with E-state index in [4.69, 9.17) is 26.3 Å². The lowest BCUT2D eigenvalue weighted by Gasteiger charge is -2.35. The monoisotopic (exact) mass is 513 g/mol. The third kappa shape index (κ3) is 4.52. The summed E-state index contributed by atoms with van der Waals surface area (Å²) in [6.07, 6.45) is 3.40. The molecule has 3 aliphatic heterocycles. The normalized spacial score (nSPS) is 26.5. The number of fused-ring (bicyclic) bond motifs is 2. The summed E-state index contributed by atoms with van der Waals surface area (Å²) in [6, 6.07) is 8.88. The van der Waals surface area contributed by atoms with Crippen molar-refractivity contribution in [3.63, 3.8) is 0 Å². The number of carbonyl (C=O) groups is 2. The Morgan fingerprint density at radius 1 is 1.31 bits per heavy atom. The molecule has 182 valence electrons. The maximum atomic E-state index is 13.6. The van der Waals surface area contributed by atoms with Crippen molar-refractivity contribution in [1.82, 2.24) is 5.32 Å². The van der Waals surface area contributed by atoms with Crippen LogP contribution in [-0.4, -0.2) is 55.2 Å². The van der Waals surface area contributed by atoms with Crippen LogP contribution in [-0.2, 0) is 14.3 Å². The molecule has 0 saturated carbocycles. The van der Waals surface area contributed by atoms with Gasteiger partial charge in [0.05, 0.1) is 28.0 Å². The lowest BCUT2D eigenvalue weighted by Crippen LogP contribution is -2.62. The van der Waals surface area contributed by atoms with Crippen molar-refractivity contribution in [3.8, 4) is 6.19 Å². The quantitative estimate of drug-likeness (QED) is 0.591. The molecular weight excluding hydrogens is 490 g/mol. The van der Waals surface area contributed by atoms with E-state index < -0.39 is 5.54 Å². The molecule has 3 unspecified atom stereocenters. The maximum absolute atomic E-state index is 13.6. The number of aryl methyl sites for hydroxylation is 1. The van der Waals surface area contributed by atoms with Gasteiger partial charge in [0.25, 0.3) is 11.8 Å². The number of rotatable bonds is 5. The van der Waals surface area contributed by atoms with Crippen LogP contribution in [0.25, 0.3) is 0 Å². The van der Waals surface area contributed by atoms with Gasteiger partial charge in [-0.05, 0) is 55.7 Å². The molecule has 9 nitrogen and oxygen atoms in total. The minimum atomic E-state index is -1.15. The zero-order valence-corrected chi connectivity index (χ0v) is 20.6. The Bertz CT molecular complexity index is 1240. The number of carbonyl (C=O) groups excluding carboxylic acids is 2. The summed E-state index contributed by atoms with van der Waals surface area (Å²) in [7, 11) is 0. The van der Waals surface area contributed by atoms with E-state index in [1.807, 2.05) is 36.2 Å². The molecule has 5 rings (SSSR count). The number of hydrogen-bond acceptors (Lipinski definition) is 7. The molecule has 3 aliphatic rings. The van der Waals surface area contributed by atoms with E-state index in [9.17, 15) is 9.59 Å². The number of nitriles is 1. The van der Waals surface area contributed by atoms with Crippen molar-refractivity contribution >= 4 is 52.0 Å². The van der Waals surface area contributed by atoms with Crippen LogP contribution >= 0.6 is 22.9 Å². The smallest absolute Gasteiger partial charge is 0.262 e. The highest BCUT2D eigenvalue weighted by molar-refractivity contribution is 7.18. The number of anilines is 2. The third-order valence-corrected chi connectivity index (χ3v) is 7.90. The van der Waals surface area contributed by atoms with Gasteiger partial charge in [0.1, 0.15) is 18.0 Å². The fourth-order valence-electron chi connectivity index (χ4n) is 5.05. The molecule has 3 fully saturated rings. The number of amidine groups is 1. The Labute approximate surface area is 211 Å². The van der Waals surface area contributed by atoms with Gasteiger partial charge < -0.3 is 25.0 Å². The maximum Gasteiger partial charge on any atom is 0.262 e. The highest BCUT2D eigenvalue weighted by atomic mass is 35.5. The average Bonchev–Trinajstić information content (AvgIpc) is 3.57. The molecule has 0 spiro atoms. The van der Waals surface area contributed by atoms with Crippen LogP contribution in [0.4, 0.5) is 11.4 Å². The predicted molar refractivity (Wildman–Crippen MR) is 133 cm³/mol. The second-order valence-corrected chi connectivity index (χ2v) is 10.6.